The van der Waals surface area contributed by atoms with Gasteiger partial charge in [-0.05, 0) is 48.4 Å². The van der Waals surface area contributed by atoms with Crippen LogP contribution >= 0.6 is 0 Å². The maximum atomic E-state index is 10.9. The summed E-state index contributed by atoms with van der Waals surface area (Å²) in [6.45, 7) is 1.75. The number of allylic oxidation sites excluding steroid dienone is 1. The third kappa shape index (κ3) is 4.07. The Hall–Kier alpha value is -3.79. The fourth-order valence-electron chi connectivity index (χ4n) is 2.61. The lowest BCUT2D eigenvalue weighted by Gasteiger charge is -2.10. The van der Waals surface area contributed by atoms with Gasteiger partial charge in [-0.25, -0.2) is 4.98 Å². The molecule has 7 nitrogen and oxygen atoms in total. The molecule has 7 heteroatoms. The second kappa shape index (κ2) is 7.62. The summed E-state index contributed by atoms with van der Waals surface area (Å²) in [6.07, 6.45) is 1.70. The van der Waals surface area contributed by atoms with E-state index >= 15 is 0 Å². The van der Waals surface area contributed by atoms with Crippen molar-refractivity contribution in [2.45, 2.75) is 6.92 Å². The number of primary amides is 1. The average Bonchev–Trinajstić information content (AvgIpc) is 3.07. The third-order valence-electron chi connectivity index (χ3n) is 3.88. The number of imidazole rings is 1. The average molecular weight is 362 g/mol. The fraction of sp³-hybridized carbons (Fsp3) is 0.150. The van der Waals surface area contributed by atoms with E-state index in [1.54, 1.807) is 24.3 Å². The number of rotatable bonds is 6. The molecule has 136 valence electrons. The summed E-state index contributed by atoms with van der Waals surface area (Å²) in [7, 11) is 1.49. The molecule has 3 aromatic rings. The van der Waals surface area contributed by atoms with Gasteiger partial charge < -0.3 is 20.2 Å². The largest absolute Gasteiger partial charge is 0.493 e. The molecule has 1 heterocycles. The number of carbonyl (C=O) groups excluding carboxylic acids is 1. The fourth-order valence-corrected chi connectivity index (χ4v) is 2.61. The number of nitrogens with zero attached hydrogens (tertiary/aromatic N) is 2. The molecule has 0 fully saturated rings. The van der Waals surface area contributed by atoms with Gasteiger partial charge in [-0.3, -0.25) is 4.79 Å². The predicted molar refractivity (Wildman–Crippen MR) is 102 cm³/mol. The molecule has 0 bridgehead atoms. The SMILES string of the molecule is COc1cc(C=C(C#N)c2nc3ccc(C)cc3[nH]2)ccc1OCC(N)=O. The van der Waals surface area contributed by atoms with Crippen molar-refractivity contribution >= 4 is 28.6 Å². The van der Waals surface area contributed by atoms with E-state index < -0.39 is 5.91 Å². The summed E-state index contributed by atoms with van der Waals surface area (Å²) in [6, 6.07) is 13.1. The second-order valence-electron chi connectivity index (χ2n) is 5.94. The lowest BCUT2D eigenvalue weighted by Crippen LogP contribution is -2.20. The Morgan fingerprint density at radius 2 is 2.11 bits per heavy atom. The van der Waals surface area contributed by atoms with Crippen molar-refractivity contribution in [1.29, 1.82) is 5.26 Å². The van der Waals surface area contributed by atoms with Gasteiger partial charge in [0.15, 0.2) is 18.1 Å². The summed E-state index contributed by atoms with van der Waals surface area (Å²) >= 11 is 0. The van der Waals surface area contributed by atoms with Crippen LogP contribution in [0.1, 0.15) is 17.0 Å². The zero-order chi connectivity index (χ0) is 19.4. The second-order valence-corrected chi connectivity index (χ2v) is 5.94. The highest BCUT2D eigenvalue weighted by atomic mass is 16.5. The van der Waals surface area contributed by atoms with Gasteiger partial charge in [0, 0.05) is 0 Å². The van der Waals surface area contributed by atoms with Crippen molar-refractivity contribution in [2.75, 3.05) is 13.7 Å². The van der Waals surface area contributed by atoms with Crippen molar-refractivity contribution in [3.8, 4) is 17.6 Å². The topological polar surface area (TPSA) is 114 Å². The number of carbonyl (C=O) groups is 1. The van der Waals surface area contributed by atoms with Crippen LogP contribution in [-0.4, -0.2) is 29.6 Å². The summed E-state index contributed by atoms with van der Waals surface area (Å²) < 4.78 is 10.6. The molecule has 0 aliphatic heterocycles. The number of fused-ring (bicyclic) bond motifs is 1. The Balaban J connectivity index is 1.94. The molecule has 27 heavy (non-hydrogen) atoms. The Bertz CT molecular complexity index is 1080. The molecule has 0 saturated carbocycles. The number of nitrogens with two attached hydrogens (primary N) is 1. The van der Waals surface area contributed by atoms with Crippen LogP contribution in [0.15, 0.2) is 36.4 Å². The van der Waals surface area contributed by atoms with Gasteiger partial charge in [0.1, 0.15) is 11.9 Å². The standard InChI is InChI=1S/C20H18N4O3/c1-12-3-5-15-16(7-12)24-20(23-15)14(10-21)8-13-4-6-17(18(9-13)26-2)27-11-19(22)25/h3-9H,11H2,1-2H3,(H2,22,25)(H,23,24). The lowest BCUT2D eigenvalue weighted by molar-refractivity contribution is -0.119. The molecule has 0 saturated heterocycles. The first kappa shape index (κ1) is 18.0. The number of hydrogen-bond acceptors (Lipinski definition) is 5. The molecule has 0 aliphatic rings. The smallest absolute Gasteiger partial charge is 0.255 e. The van der Waals surface area contributed by atoms with Crippen molar-refractivity contribution < 1.29 is 14.3 Å². The highest BCUT2D eigenvalue weighted by Crippen LogP contribution is 2.29. The van der Waals surface area contributed by atoms with Gasteiger partial charge >= 0.3 is 0 Å². The molecule has 3 N–H and O–H groups in total. The summed E-state index contributed by atoms with van der Waals surface area (Å²) in [4.78, 5) is 18.5. The summed E-state index contributed by atoms with van der Waals surface area (Å²) in [5.74, 6) is 0.743. The molecule has 0 atom stereocenters. The molecule has 0 aliphatic carbocycles. The molecular formula is C20H18N4O3. The number of H-pyrrole nitrogens is 1. The van der Waals surface area contributed by atoms with Crippen LogP contribution in [0.5, 0.6) is 11.5 Å². The van der Waals surface area contributed by atoms with Gasteiger partial charge in [-0.1, -0.05) is 12.1 Å². The van der Waals surface area contributed by atoms with Gasteiger partial charge in [0.25, 0.3) is 5.91 Å². The van der Waals surface area contributed by atoms with Crippen LogP contribution in [0.2, 0.25) is 0 Å². The van der Waals surface area contributed by atoms with Crippen molar-refractivity contribution in [1.82, 2.24) is 9.97 Å². The van der Waals surface area contributed by atoms with E-state index in [1.165, 1.54) is 7.11 Å². The van der Waals surface area contributed by atoms with Crippen LogP contribution in [0.25, 0.3) is 22.7 Å². The molecular weight excluding hydrogens is 344 g/mol. The highest BCUT2D eigenvalue weighted by Gasteiger charge is 2.10. The van der Waals surface area contributed by atoms with E-state index in [1.807, 2.05) is 25.1 Å². The lowest BCUT2D eigenvalue weighted by atomic mass is 10.1. The van der Waals surface area contributed by atoms with Crippen LogP contribution in [0.3, 0.4) is 0 Å². The number of aromatic nitrogens is 2. The van der Waals surface area contributed by atoms with E-state index in [9.17, 15) is 10.1 Å². The number of aromatic amines is 1. The first-order valence-corrected chi connectivity index (χ1v) is 8.18. The maximum Gasteiger partial charge on any atom is 0.255 e. The zero-order valence-corrected chi connectivity index (χ0v) is 14.9. The normalized spacial score (nSPS) is 11.2. The minimum Gasteiger partial charge on any atom is -0.493 e. The van der Waals surface area contributed by atoms with E-state index in [-0.39, 0.29) is 6.61 Å². The predicted octanol–water partition coefficient (Wildman–Crippen LogP) is 2.81. The molecule has 1 amide bonds. The van der Waals surface area contributed by atoms with Crippen molar-refractivity contribution in [3.63, 3.8) is 0 Å². The van der Waals surface area contributed by atoms with E-state index in [4.69, 9.17) is 15.2 Å². The number of aryl methyl sites for hydroxylation is 1. The molecule has 1 aromatic heterocycles. The van der Waals surface area contributed by atoms with Crippen molar-refractivity contribution in [3.05, 3.63) is 53.3 Å². The number of amides is 1. The van der Waals surface area contributed by atoms with Crippen LogP contribution in [0, 0.1) is 18.3 Å². The number of nitriles is 1. The monoisotopic (exact) mass is 362 g/mol. The number of nitrogens with one attached hydrogen (secondary N) is 1. The number of methoxy groups -OCH3 is 1. The van der Waals surface area contributed by atoms with Gasteiger partial charge in [0.05, 0.1) is 23.7 Å². The van der Waals surface area contributed by atoms with E-state index in [2.05, 4.69) is 16.0 Å². The van der Waals surface area contributed by atoms with Crippen molar-refractivity contribution in [2.24, 2.45) is 5.73 Å². The summed E-state index contributed by atoms with van der Waals surface area (Å²) in [5, 5.41) is 9.56. The Labute approximate surface area is 156 Å². The molecule has 0 radical (unpaired) electrons. The minimum absolute atomic E-state index is 0.243. The van der Waals surface area contributed by atoms with E-state index in [0.717, 1.165) is 22.2 Å². The van der Waals surface area contributed by atoms with Gasteiger partial charge in [-0.2, -0.15) is 5.26 Å². The number of ether oxygens (including phenoxy) is 2. The Kier molecular flexibility index (Phi) is 5.08. The minimum atomic E-state index is -0.576. The van der Waals surface area contributed by atoms with Crippen LogP contribution in [-0.2, 0) is 4.79 Å². The zero-order valence-electron chi connectivity index (χ0n) is 14.9. The number of benzene rings is 2. The van der Waals surface area contributed by atoms with Gasteiger partial charge in [-0.15, -0.1) is 0 Å². The highest BCUT2D eigenvalue weighted by molar-refractivity contribution is 5.90. The Morgan fingerprint density at radius 3 is 2.81 bits per heavy atom. The number of hydrogen-bond donors (Lipinski definition) is 2. The first-order valence-electron chi connectivity index (χ1n) is 8.18. The van der Waals surface area contributed by atoms with Crippen LogP contribution in [0.4, 0.5) is 0 Å². The maximum absolute atomic E-state index is 10.9. The third-order valence-corrected chi connectivity index (χ3v) is 3.88. The Morgan fingerprint density at radius 1 is 1.30 bits per heavy atom. The molecule has 3 rings (SSSR count). The van der Waals surface area contributed by atoms with Gasteiger partial charge in [0.2, 0.25) is 0 Å². The van der Waals surface area contributed by atoms with Crippen LogP contribution < -0.4 is 15.2 Å². The molecule has 0 spiro atoms. The quantitative estimate of drug-likeness (QED) is 0.655. The first-order chi connectivity index (χ1) is 13.0. The molecule has 0 unspecified atom stereocenters. The molecule has 2 aromatic carbocycles. The van der Waals surface area contributed by atoms with E-state index in [0.29, 0.717) is 22.9 Å². The summed E-state index contributed by atoms with van der Waals surface area (Å²) in [5.41, 5.74) is 8.98.